The van der Waals surface area contributed by atoms with Gasteiger partial charge in [-0.05, 0) is 42.7 Å². The van der Waals surface area contributed by atoms with E-state index in [4.69, 9.17) is 11.6 Å². The van der Waals surface area contributed by atoms with E-state index in [9.17, 15) is 5.11 Å². The van der Waals surface area contributed by atoms with Crippen molar-refractivity contribution in [3.63, 3.8) is 0 Å². The summed E-state index contributed by atoms with van der Waals surface area (Å²) in [6.45, 7) is 4.84. The Morgan fingerprint density at radius 1 is 1.39 bits per heavy atom. The Balaban J connectivity index is 2.13. The zero-order chi connectivity index (χ0) is 13.1. The number of rotatable bonds is 4. The van der Waals surface area contributed by atoms with Crippen LogP contribution >= 0.6 is 11.6 Å². The van der Waals surface area contributed by atoms with Gasteiger partial charge in [-0.1, -0.05) is 17.7 Å². The van der Waals surface area contributed by atoms with Crippen LogP contribution in [0.15, 0.2) is 30.6 Å². The predicted molar refractivity (Wildman–Crippen MR) is 72.8 cm³/mol. The van der Waals surface area contributed by atoms with E-state index in [1.807, 2.05) is 42.9 Å². The summed E-state index contributed by atoms with van der Waals surface area (Å²) in [7, 11) is 0. The molecular formula is C14H17ClN2O. The first-order valence-corrected chi connectivity index (χ1v) is 6.42. The molecule has 0 fully saturated rings. The van der Waals surface area contributed by atoms with Crippen LogP contribution in [0.2, 0.25) is 5.02 Å². The Morgan fingerprint density at radius 3 is 2.78 bits per heavy atom. The lowest BCUT2D eigenvalue weighted by Gasteiger charge is -2.11. The topological polar surface area (TPSA) is 38.0 Å². The predicted octanol–water partition coefficient (Wildman–Crippen LogP) is 3.14. The number of aromatic nitrogens is 2. The monoisotopic (exact) mass is 264 g/mol. The summed E-state index contributed by atoms with van der Waals surface area (Å²) in [4.78, 5) is 0. The van der Waals surface area contributed by atoms with Crippen molar-refractivity contribution in [1.82, 2.24) is 9.78 Å². The molecule has 0 saturated carbocycles. The summed E-state index contributed by atoms with van der Waals surface area (Å²) in [5, 5.41) is 15.1. The standard InChI is InChI=1S/C14H17ClN2O/c1-3-17-9-11(8-16-17)6-14(18)12-4-10(2)5-13(15)7-12/h4-5,7-9,14,18H,3,6H2,1-2H3. The van der Waals surface area contributed by atoms with Crippen molar-refractivity contribution < 1.29 is 5.11 Å². The van der Waals surface area contributed by atoms with E-state index in [0.29, 0.717) is 11.4 Å². The molecule has 4 heteroatoms. The van der Waals surface area contributed by atoms with Gasteiger partial charge >= 0.3 is 0 Å². The highest BCUT2D eigenvalue weighted by Crippen LogP contribution is 2.23. The van der Waals surface area contributed by atoms with Crippen LogP contribution in [-0.4, -0.2) is 14.9 Å². The first-order chi connectivity index (χ1) is 8.58. The first kappa shape index (κ1) is 13.1. The van der Waals surface area contributed by atoms with Gasteiger partial charge in [0.2, 0.25) is 0 Å². The lowest BCUT2D eigenvalue weighted by Crippen LogP contribution is -2.01. The Morgan fingerprint density at radius 2 is 2.17 bits per heavy atom. The normalized spacial score (nSPS) is 12.7. The molecule has 0 aliphatic heterocycles. The molecule has 2 rings (SSSR count). The third-order valence-corrected chi connectivity index (χ3v) is 3.11. The fourth-order valence-corrected chi connectivity index (χ4v) is 2.28. The van der Waals surface area contributed by atoms with Crippen LogP contribution in [0.4, 0.5) is 0 Å². The minimum Gasteiger partial charge on any atom is -0.388 e. The zero-order valence-electron chi connectivity index (χ0n) is 10.6. The maximum absolute atomic E-state index is 10.2. The molecule has 96 valence electrons. The first-order valence-electron chi connectivity index (χ1n) is 6.05. The van der Waals surface area contributed by atoms with E-state index in [0.717, 1.165) is 23.2 Å². The molecule has 2 aromatic rings. The number of aliphatic hydroxyl groups is 1. The maximum atomic E-state index is 10.2. The largest absolute Gasteiger partial charge is 0.388 e. The fraction of sp³-hybridized carbons (Fsp3) is 0.357. The maximum Gasteiger partial charge on any atom is 0.0832 e. The molecule has 1 unspecified atom stereocenters. The van der Waals surface area contributed by atoms with Crippen LogP contribution in [0.3, 0.4) is 0 Å². The van der Waals surface area contributed by atoms with Gasteiger partial charge in [-0.15, -0.1) is 0 Å². The number of halogens is 1. The van der Waals surface area contributed by atoms with Crippen molar-refractivity contribution in [2.24, 2.45) is 0 Å². The molecule has 0 amide bonds. The molecular weight excluding hydrogens is 248 g/mol. The van der Waals surface area contributed by atoms with E-state index in [1.165, 1.54) is 0 Å². The lowest BCUT2D eigenvalue weighted by atomic mass is 10.0. The van der Waals surface area contributed by atoms with Gasteiger partial charge < -0.3 is 5.11 Å². The molecule has 0 bridgehead atoms. The van der Waals surface area contributed by atoms with Crippen LogP contribution in [0.5, 0.6) is 0 Å². The molecule has 3 nitrogen and oxygen atoms in total. The fourth-order valence-electron chi connectivity index (χ4n) is 1.98. The van der Waals surface area contributed by atoms with Crippen LogP contribution in [0.1, 0.15) is 29.7 Å². The lowest BCUT2D eigenvalue weighted by molar-refractivity contribution is 0.178. The van der Waals surface area contributed by atoms with Crippen molar-refractivity contribution in [3.05, 3.63) is 52.3 Å². The number of hydrogen-bond acceptors (Lipinski definition) is 2. The quantitative estimate of drug-likeness (QED) is 0.921. The van der Waals surface area contributed by atoms with Gasteiger partial charge in [-0.2, -0.15) is 5.10 Å². The van der Waals surface area contributed by atoms with Crippen LogP contribution < -0.4 is 0 Å². The molecule has 0 aliphatic carbocycles. The Labute approximate surface area is 112 Å². The third-order valence-electron chi connectivity index (χ3n) is 2.89. The van der Waals surface area contributed by atoms with Crippen LogP contribution in [0.25, 0.3) is 0 Å². The van der Waals surface area contributed by atoms with Crippen LogP contribution in [0, 0.1) is 6.92 Å². The second-order valence-electron chi connectivity index (χ2n) is 4.49. The van der Waals surface area contributed by atoms with Gasteiger partial charge in [0.1, 0.15) is 0 Å². The Hall–Kier alpha value is -1.32. The summed E-state index contributed by atoms with van der Waals surface area (Å²) in [6.07, 6.45) is 3.77. The molecule has 0 saturated heterocycles. The number of aryl methyl sites for hydroxylation is 2. The smallest absolute Gasteiger partial charge is 0.0832 e. The molecule has 0 radical (unpaired) electrons. The summed E-state index contributed by atoms with van der Waals surface area (Å²) >= 11 is 6.00. The molecule has 1 heterocycles. The minimum absolute atomic E-state index is 0.545. The number of benzene rings is 1. The van der Waals surface area contributed by atoms with Gasteiger partial charge in [0.25, 0.3) is 0 Å². The van der Waals surface area contributed by atoms with Crippen molar-refractivity contribution in [1.29, 1.82) is 0 Å². The highest BCUT2D eigenvalue weighted by molar-refractivity contribution is 6.30. The molecule has 1 aromatic carbocycles. The highest BCUT2D eigenvalue weighted by atomic mass is 35.5. The van der Waals surface area contributed by atoms with Crippen molar-refractivity contribution >= 4 is 11.6 Å². The average Bonchev–Trinajstić information content (AvgIpc) is 2.75. The average molecular weight is 265 g/mol. The van der Waals surface area contributed by atoms with E-state index in [2.05, 4.69) is 5.10 Å². The van der Waals surface area contributed by atoms with Gasteiger partial charge in [0, 0.05) is 24.2 Å². The molecule has 0 aliphatic rings. The Bertz CT molecular complexity index is 516. The van der Waals surface area contributed by atoms with Crippen LogP contribution in [-0.2, 0) is 13.0 Å². The van der Waals surface area contributed by atoms with Crippen molar-refractivity contribution in [2.45, 2.75) is 32.9 Å². The number of nitrogens with zero attached hydrogens (tertiary/aromatic N) is 2. The van der Waals surface area contributed by atoms with Gasteiger partial charge in [0.05, 0.1) is 12.3 Å². The molecule has 1 atom stereocenters. The van der Waals surface area contributed by atoms with E-state index < -0.39 is 6.10 Å². The zero-order valence-corrected chi connectivity index (χ0v) is 11.4. The van der Waals surface area contributed by atoms with Gasteiger partial charge in [-0.25, -0.2) is 0 Å². The minimum atomic E-state index is -0.545. The van der Waals surface area contributed by atoms with Gasteiger partial charge in [0.15, 0.2) is 0 Å². The van der Waals surface area contributed by atoms with Crippen molar-refractivity contribution in [3.8, 4) is 0 Å². The summed E-state index contributed by atoms with van der Waals surface area (Å²) in [5.74, 6) is 0. The second kappa shape index (κ2) is 5.55. The Kier molecular flexibility index (Phi) is 4.04. The number of hydrogen-bond donors (Lipinski definition) is 1. The highest BCUT2D eigenvalue weighted by Gasteiger charge is 2.11. The molecule has 18 heavy (non-hydrogen) atoms. The van der Waals surface area contributed by atoms with Crippen molar-refractivity contribution in [2.75, 3.05) is 0 Å². The third kappa shape index (κ3) is 3.12. The number of aliphatic hydroxyl groups excluding tert-OH is 1. The molecule has 1 aromatic heterocycles. The summed E-state index contributed by atoms with van der Waals surface area (Å²) in [5.41, 5.74) is 2.94. The van der Waals surface area contributed by atoms with E-state index in [1.54, 1.807) is 6.20 Å². The second-order valence-corrected chi connectivity index (χ2v) is 4.92. The van der Waals surface area contributed by atoms with E-state index >= 15 is 0 Å². The molecule has 1 N–H and O–H groups in total. The van der Waals surface area contributed by atoms with E-state index in [-0.39, 0.29) is 0 Å². The SMILES string of the molecule is CCn1cc(CC(O)c2cc(C)cc(Cl)c2)cn1. The summed E-state index contributed by atoms with van der Waals surface area (Å²) in [6, 6.07) is 5.65. The summed E-state index contributed by atoms with van der Waals surface area (Å²) < 4.78 is 1.85. The van der Waals surface area contributed by atoms with Gasteiger partial charge in [-0.3, -0.25) is 4.68 Å². The molecule has 0 spiro atoms.